The Kier molecular flexibility index (Phi) is 27.6. The van der Waals surface area contributed by atoms with Crippen LogP contribution in [0.1, 0.15) is 61.1 Å². The summed E-state index contributed by atoms with van der Waals surface area (Å²) < 4.78 is 89.4. The zero-order valence-corrected chi connectivity index (χ0v) is 49.1. The molecule has 440 valence electrons. The minimum Gasteiger partial charge on any atom is -0.497 e. The number of benzene rings is 3. The van der Waals surface area contributed by atoms with E-state index in [9.17, 15) is 44.8 Å². The molecule has 6 rings (SSSR count). The van der Waals surface area contributed by atoms with Crippen molar-refractivity contribution in [3.05, 3.63) is 156 Å². The second-order valence-corrected chi connectivity index (χ2v) is 24.6. The molecular formula is C53H68B3N11O13S3. The van der Waals surface area contributed by atoms with Crippen molar-refractivity contribution in [1.29, 1.82) is 0 Å². The quantitative estimate of drug-likeness (QED) is 0.0176. The highest BCUT2D eigenvalue weighted by Gasteiger charge is 2.39. The fourth-order valence-electron chi connectivity index (χ4n) is 8.28. The van der Waals surface area contributed by atoms with Gasteiger partial charge >= 0.3 is 0 Å². The van der Waals surface area contributed by atoms with Gasteiger partial charge in [0.15, 0.2) is 0 Å². The lowest BCUT2D eigenvalue weighted by Crippen LogP contribution is -2.51. The maximum atomic E-state index is 13.8. The van der Waals surface area contributed by atoms with Crippen LogP contribution in [0, 0.1) is 19.8 Å². The fourth-order valence-corrected chi connectivity index (χ4v) is 13.2. The number of aryl methyl sites for hydroxylation is 3. The molecule has 3 aromatic heterocycles. The van der Waals surface area contributed by atoms with E-state index in [-0.39, 0.29) is 65.7 Å². The van der Waals surface area contributed by atoms with Crippen LogP contribution in [0.2, 0.25) is 19.0 Å². The SMILES string of the molecule is [B]CCCCn1nncc1C[C@H](C(=O)NO)N(Cc1cccnc1)S(=O)(=O)c1ccc(OC)cc1.[B]CCN([C@@H](C(=O)NO)C(C)C)S(=O)(=O)c1ccc(C)cc1.[B]CC[C@H](C(=O)NO)N(Cc1cccnc1)S(=O)(=O)c1ccc(C)cc1. The topological polar surface area (TPSA) is 326 Å². The number of nitrogens with one attached hydrogen (secondary N) is 3. The zero-order chi connectivity index (χ0) is 61.3. The molecule has 3 atom stereocenters. The van der Waals surface area contributed by atoms with E-state index in [0.717, 1.165) is 36.9 Å². The molecule has 6 aromatic rings. The number of hydrogen-bond donors (Lipinski definition) is 6. The normalized spacial score (nSPS) is 12.8. The lowest BCUT2D eigenvalue weighted by Gasteiger charge is -2.31. The lowest BCUT2D eigenvalue weighted by molar-refractivity contribution is -0.134. The number of aromatic nitrogens is 5. The van der Waals surface area contributed by atoms with Crippen LogP contribution in [0.4, 0.5) is 0 Å². The molecule has 0 unspecified atom stereocenters. The molecule has 0 bridgehead atoms. The third-order valence-electron chi connectivity index (χ3n) is 12.6. The van der Waals surface area contributed by atoms with Crippen molar-refractivity contribution >= 4 is 71.3 Å². The van der Waals surface area contributed by atoms with Crippen molar-refractivity contribution in [2.45, 2.75) is 125 Å². The van der Waals surface area contributed by atoms with Gasteiger partial charge in [0.05, 0.1) is 57.2 Å². The number of unbranched alkanes of at least 4 members (excludes halogenated alkanes) is 1. The highest BCUT2D eigenvalue weighted by molar-refractivity contribution is 7.89. The number of methoxy groups -OCH3 is 1. The van der Waals surface area contributed by atoms with Crippen LogP contribution in [0.15, 0.2) is 143 Å². The third kappa shape index (κ3) is 19.3. The summed E-state index contributed by atoms with van der Waals surface area (Å²) in [6.07, 6.45) is 9.81. The zero-order valence-electron chi connectivity index (χ0n) is 46.7. The average Bonchev–Trinajstić information content (AvgIpc) is 3.61. The Labute approximate surface area is 489 Å². The summed E-state index contributed by atoms with van der Waals surface area (Å²) in [4.78, 5) is 45.0. The van der Waals surface area contributed by atoms with Gasteiger partial charge < -0.3 is 4.74 Å². The van der Waals surface area contributed by atoms with Gasteiger partial charge in [-0.05, 0) is 104 Å². The molecule has 0 aliphatic heterocycles. The van der Waals surface area contributed by atoms with Gasteiger partial charge in [-0.2, -0.15) is 12.9 Å². The van der Waals surface area contributed by atoms with Gasteiger partial charge in [-0.15, -0.1) is 5.10 Å². The molecule has 0 aliphatic rings. The number of carbonyl (C=O) groups is 3. The number of hydroxylamine groups is 3. The van der Waals surface area contributed by atoms with Crippen LogP contribution in [0.25, 0.3) is 0 Å². The van der Waals surface area contributed by atoms with Crippen molar-refractivity contribution < 1.29 is 60.0 Å². The second-order valence-electron chi connectivity index (χ2n) is 18.9. The van der Waals surface area contributed by atoms with Crippen LogP contribution in [0.3, 0.4) is 0 Å². The van der Waals surface area contributed by atoms with Crippen LogP contribution >= 0.6 is 0 Å². The molecule has 0 saturated heterocycles. The summed E-state index contributed by atoms with van der Waals surface area (Å²) in [5.74, 6) is -2.35. The fraction of sp³-hybridized carbons (Fsp3) is 0.377. The van der Waals surface area contributed by atoms with Gasteiger partial charge in [-0.1, -0.05) is 92.0 Å². The van der Waals surface area contributed by atoms with Crippen LogP contribution < -0.4 is 21.2 Å². The molecule has 6 N–H and O–H groups in total. The van der Waals surface area contributed by atoms with E-state index in [0.29, 0.717) is 35.4 Å². The van der Waals surface area contributed by atoms with Crippen LogP contribution in [-0.2, 0) is 70.5 Å². The Hall–Kier alpha value is -6.89. The van der Waals surface area contributed by atoms with Crippen molar-refractivity contribution in [3.8, 4) is 5.75 Å². The summed E-state index contributed by atoms with van der Waals surface area (Å²) in [5, 5.41) is 35.4. The molecular weight excluding hydrogens is 1130 g/mol. The van der Waals surface area contributed by atoms with E-state index in [1.54, 1.807) is 84.9 Å². The van der Waals surface area contributed by atoms with E-state index < -0.39 is 65.9 Å². The molecule has 3 aromatic carbocycles. The first-order valence-electron chi connectivity index (χ1n) is 26.0. The molecule has 3 heterocycles. The van der Waals surface area contributed by atoms with E-state index in [1.807, 2.05) is 13.8 Å². The van der Waals surface area contributed by atoms with Crippen molar-refractivity contribution in [2.24, 2.45) is 5.92 Å². The van der Waals surface area contributed by atoms with Gasteiger partial charge in [0.2, 0.25) is 30.1 Å². The first-order chi connectivity index (χ1) is 39.5. The Morgan fingerprint density at radius 1 is 0.602 bits per heavy atom. The number of nitrogens with zero attached hydrogens (tertiary/aromatic N) is 8. The smallest absolute Gasteiger partial charge is 0.262 e. The Morgan fingerprint density at radius 2 is 1.06 bits per heavy atom. The summed E-state index contributed by atoms with van der Waals surface area (Å²) in [6, 6.07) is 21.8. The van der Waals surface area contributed by atoms with Gasteiger partial charge in [0.25, 0.3) is 17.7 Å². The Balaban J connectivity index is 0.000000276. The molecule has 30 heteroatoms. The number of carbonyl (C=O) groups excluding carboxylic acids is 3. The first-order valence-corrected chi connectivity index (χ1v) is 30.3. The predicted octanol–water partition coefficient (Wildman–Crippen LogP) is 3.89. The molecule has 24 nitrogen and oxygen atoms in total. The minimum absolute atomic E-state index is 0.0214. The van der Waals surface area contributed by atoms with Gasteiger partial charge in [-0.25, -0.2) is 46.4 Å². The summed E-state index contributed by atoms with van der Waals surface area (Å²) in [6.45, 7) is 7.35. The number of ether oxygens (including phenoxy) is 1. The van der Waals surface area contributed by atoms with E-state index in [4.69, 9.17) is 38.7 Å². The molecule has 3 amide bonds. The van der Waals surface area contributed by atoms with Crippen LogP contribution in [0.5, 0.6) is 5.75 Å². The summed E-state index contributed by atoms with van der Waals surface area (Å²) in [5.41, 5.74) is 8.23. The van der Waals surface area contributed by atoms with Crippen LogP contribution in [-0.4, -0.2) is 152 Å². The van der Waals surface area contributed by atoms with Gasteiger partial charge in [0, 0.05) is 57.4 Å². The summed E-state index contributed by atoms with van der Waals surface area (Å²) >= 11 is 0. The minimum atomic E-state index is -4.20. The molecule has 6 radical (unpaired) electrons. The number of amides is 3. The molecule has 0 spiro atoms. The largest absolute Gasteiger partial charge is 0.497 e. The predicted molar refractivity (Wildman–Crippen MR) is 308 cm³/mol. The van der Waals surface area contributed by atoms with E-state index in [2.05, 4.69) is 20.3 Å². The van der Waals surface area contributed by atoms with Gasteiger partial charge in [0.1, 0.15) is 23.9 Å². The molecule has 0 fully saturated rings. The number of pyridine rings is 2. The maximum absolute atomic E-state index is 13.8. The first kappa shape index (κ1) is 68.6. The standard InChI is InChI=1S/C22H27BN6O5S.C17H20BN3O4S.C14H21BN2O4S/c1-34-19-6-8-20(9-7-19)35(32,33)29(16-17-5-4-11-24-14-17)21(22(30)26-31)13-18-15-25-27-28(18)12-3-2-10-23;1-13-4-6-15(7-5-13)26(24,25)21(12-14-3-2-10-19-11-14)16(8-9-18)17(22)20-23;1-10(2)13(14(18)16-19)17(9-8-15)22(20,21)12-6-4-11(3)5-7-12/h4-9,11,14-15,21,31H,2-3,10,12-13,16H2,1H3,(H,26,30);2-7,10-11,16,23H,8-9,12H2,1H3,(H,20,22);4-7,10,13,19H,8-9H2,1-3H3,(H,16,18)/t21-;16-;13-/m111/s1. The van der Waals surface area contributed by atoms with Gasteiger partial charge in [-0.3, -0.25) is 40.0 Å². The highest BCUT2D eigenvalue weighted by Crippen LogP contribution is 2.28. The molecule has 0 aliphatic carbocycles. The molecule has 83 heavy (non-hydrogen) atoms. The van der Waals surface area contributed by atoms with E-state index in [1.165, 1.54) is 85.2 Å². The maximum Gasteiger partial charge on any atom is 0.262 e. The molecule has 0 saturated carbocycles. The lowest BCUT2D eigenvalue weighted by atomic mass is 9.97. The Morgan fingerprint density at radius 3 is 1.47 bits per heavy atom. The number of hydrogen-bond acceptors (Lipinski definition) is 17. The number of rotatable bonds is 28. The van der Waals surface area contributed by atoms with E-state index >= 15 is 0 Å². The summed E-state index contributed by atoms with van der Waals surface area (Å²) in [7, 11) is 5.99. The number of sulfonamides is 3. The van der Waals surface area contributed by atoms with Crippen molar-refractivity contribution in [3.63, 3.8) is 0 Å². The van der Waals surface area contributed by atoms with Crippen molar-refractivity contribution in [2.75, 3.05) is 13.7 Å². The monoisotopic (exact) mass is 1200 g/mol. The third-order valence-corrected chi connectivity index (χ3v) is 18.2. The van der Waals surface area contributed by atoms with Crippen molar-refractivity contribution in [1.82, 2.24) is 54.3 Å². The Bertz CT molecular complexity index is 3310. The highest BCUT2D eigenvalue weighted by atomic mass is 32.2. The average molecular weight is 1200 g/mol. The second kappa shape index (κ2) is 33.4.